The molecule has 110 valence electrons. The first-order chi connectivity index (χ1) is 10.0. The number of ether oxygens (including phenoxy) is 1. The lowest BCUT2D eigenvalue weighted by molar-refractivity contribution is -0.115. The summed E-state index contributed by atoms with van der Waals surface area (Å²) in [6, 6.07) is 5.26. The van der Waals surface area contributed by atoms with E-state index in [-0.39, 0.29) is 12.3 Å². The van der Waals surface area contributed by atoms with Crippen molar-refractivity contribution in [1.82, 2.24) is 9.97 Å². The molecule has 0 radical (unpaired) electrons. The predicted molar refractivity (Wildman–Crippen MR) is 84.8 cm³/mol. The Bertz CT molecular complexity index is 656. The second-order valence-electron chi connectivity index (χ2n) is 4.33. The van der Waals surface area contributed by atoms with Gasteiger partial charge in [0.15, 0.2) is 0 Å². The summed E-state index contributed by atoms with van der Waals surface area (Å²) in [7, 11) is 1.54. The summed E-state index contributed by atoms with van der Waals surface area (Å²) >= 11 is 9.27. The molecule has 0 unspecified atom stereocenters. The van der Waals surface area contributed by atoms with Gasteiger partial charge in [0.05, 0.1) is 19.2 Å². The quantitative estimate of drug-likeness (QED) is 0.838. The highest BCUT2D eigenvalue weighted by atomic mass is 79.9. The first kappa shape index (κ1) is 15.7. The maximum Gasteiger partial charge on any atom is 0.228 e. The highest BCUT2D eigenvalue weighted by Gasteiger charge is 2.13. The largest absolute Gasteiger partial charge is 0.481 e. The van der Waals surface area contributed by atoms with Gasteiger partial charge in [0.25, 0.3) is 0 Å². The summed E-state index contributed by atoms with van der Waals surface area (Å²) in [5.41, 5.74) is 2.13. The zero-order chi connectivity index (χ0) is 15.4. The van der Waals surface area contributed by atoms with Crippen molar-refractivity contribution >= 4 is 39.1 Å². The SMILES string of the molecule is COc1cc(C)c(NC(=O)Cc2cccnc2Cl)c(Br)n1. The summed E-state index contributed by atoms with van der Waals surface area (Å²) in [5.74, 6) is 0.286. The number of amides is 1. The Labute approximate surface area is 135 Å². The van der Waals surface area contributed by atoms with Crippen LogP contribution >= 0.6 is 27.5 Å². The van der Waals surface area contributed by atoms with Gasteiger partial charge >= 0.3 is 0 Å². The van der Waals surface area contributed by atoms with E-state index in [0.717, 1.165) is 5.56 Å². The maximum atomic E-state index is 12.1. The van der Waals surface area contributed by atoms with Gasteiger partial charge in [0.1, 0.15) is 9.76 Å². The molecule has 2 rings (SSSR count). The standard InChI is InChI=1S/C14H13BrClN3O2/c1-8-6-11(21-2)19-13(15)12(8)18-10(20)7-9-4-3-5-17-14(9)16/h3-6H,7H2,1-2H3,(H,18,20). The van der Waals surface area contributed by atoms with E-state index < -0.39 is 0 Å². The number of hydrogen-bond acceptors (Lipinski definition) is 4. The number of halogens is 2. The van der Waals surface area contributed by atoms with Crippen molar-refractivity contribution in [1.29, 1.82) is 0 Å². The molecule has 21 heavy (non-hydrogen) atoms. The number of carbonyl (C=O) groups is 1. The monoisotopic (exact) mass is 369 g/mol. The number of nitrogens with zero attached hydrogens (tertiary/aromatic N) is 2. The van der Waals surface area contributed by atoms with E-state index in [1.165, 1.54) is 7.11 Å². The van der Waals surface area contributed by atoms with Crippen molar-refractivity contribution in [2.75, 3.05) is 12.4 Å². The Kier molecular flexibility index (Phi) is 5.14. The topological polar surface area (TPSA) is 64.1 Å². The van der Waals surface area contributed by atoms with Gasteiger partial charge in [-0.1, -0.05) is 17.7 Å². The van der Waals surface area contributed by atoms with Crippen molar-refractivity contribution < 1.29 is 9.53 Å². The number of aromatic nitrogens is 2. The fourth-order valence-corrected chi connectivity index (χ4v) is 2.54. The predicted octanol–water partition coefficient (Wildman–Crippen LogP) is 3.39. The normalized spacial score (nSPS) is 10.3. The number of aryl methyl sites for hydroxylation is 1. The second-order valence-corrected chi connectivity index (χ2v) is 5.43. The zero-order valence-corrected chi connectivity index (χ0v) is 13.8. The minimum absolute atomic E-state index is 0.143. The second kappa shape index (κ2) is 6.87. The van der Waals surface area contributed by atoms with Crippen molar-refractivity contribution in [3.8, 4) is 5.88 Å². The van der Waals surface area contributed by atoms with Gasteiger partial charge in [-0.3, -0.25) is 4.79 Å². The van der Waals surface area contributed by atoms with Crippen LogP contribution in [-0.2, 0) is 11.2 Å². The summed E-state index contributed by atoms with van der Waals surface area (Å²) < 4.78 is 5.59. The van der Waals surface area contributed by atoms with Crippen LogP contribution in [0.15, 0.2) is 29.0 Å². The van der Waals surface area contributed by atoms with Crippen molar-refractivity contribution in [3.05, 3.63) is 45.3 Å². The Morgan fingerprint density at radius 1 is 1.52 bits per heavy atom. The van der Waals surface area contributed by atoms with E-state index in [2.05, 4.69) is 31.2 Å². The molecule has 2 aromatic heterocycles. The van der Waals surface area contributed by atoms with Crippen LogP contribution in [0.2, 0.25) is 5.15 Å². The average Bonchev–Trinajstić information content (AvgIpc) is 2.45. The highest BCUT2D eigenvalue weighted by molar-refractivity contribution is 9.10. The smallest absolute Gasteiger partial charge is 0.228 e. The average molecular weight is 371 g/mol. The molecule has 0 spiro atoms. The van der Waals surface area contributed by atoms with E-state index in [1.807, 2.05) is 6.92 Å². The third-order valence-corrected chi connectivity index (χ3v) is 3.72. The summed E-state index contributed by atoms with van der Waals surface area (Å²) in [6.07, 6.45) is 1.72. The number of nitrogens with one attached hydrogen (secondary N) is 1. The maximum absolute atomic E-state index is 12.1. The molecule has 7 heteroatoms. The molecule has 2 heterocycles. The third kappa shape index (κ3) is 3.92. The van der Waals surface area contributed by atoms with Gasteiger partial charge in [0, 0.05) is 12.3 Å². The fraction of sp³-hybridized carbons (Fsp3) is 0.214. The van der Waals surface area contributed by atoms with E-state index >= 15 is 0 Å². The number of methoxy groups -OCH3 is 1. The molecular weight excluding hydrogens is 358 g/mol. The minimum Gasteiger partial charge on any atom is -0.481 e. The molecule has 1 N–H and O–H groups in total. The van der Waals surface area contributed by atoms with Gasteiger partial charge in [-0.15, -0.1) is 0 Å². The molecule has 0 aromatic carbocycles. The molecule has 0 bridgehead atoms. The molecule has 0 saturated heterocycles. The first-order valence-electron chi connectivity index (χ1n) is 6.11. The summed E-state index contributed by atoms with van der Waals surface area (Å²) in [4.78, 5) is 20.2. The van der Waals surface area contributed by atoms with Gasteiger partial charge < -0.3 is 10.1 Å². The Morgan fingerprint density at radius 3 is 2.90 bits per heavy atom. The van der Waals surface area contributed by atoms with Crippen LogP contribution in [0.3, 0.4) is 0 Å². The van der Waals surface area contributed by atoms with Crippen molar-refractivity contribution in [2.24, 2.45) is 0 Å². The lowest BCUT2D eigenvalue weighted by Crippen LogP contribution is -2.16. The molecule has 0 fully saturated rings. The minimum atomic E-state index is -0.194. The first-order valence-corrected chi connectivity index (χ1v) is 7.28. The lowest BCUT2D eigenvalue weighted by atomic mass is 10.2. The molecule has 0 atom stereocenters. The summed E-state index contributed by atoms with van der Waals surface area (Å²) in [6.45, 7) is 1.86. The van der Waals surface area contributed by atoms with E-state index in [4.69, 9.17) is 16.3 Å². The highest BCUT2D eigenvalue weighted by Crippen LogP contribution is 2.28. The van der Waals surface area contributed by atoms with Crippen LogP contribution in [0.1, 0.15) is 11.1 Å². The number of anilines is 1. The molecule has 0 aliphatic carbocycles. The van der Waals surface area contributed by atoms with E-state index in [0.29, 0.717) is 26.9 Å². The Morgan fingerprint density at radius 2 is 2.29 bits per heavy atom. The van der Waals surface area contributed by atoms with Crippen molar-refractivity contribution in [3.63, 3.8) is 0 Å². The molecule has 2 aromatic rings. The van der Waals surface area contributed by atoms with E-state index in [1.54, 1.807) is 24.4 Å². The van der Waals surface area contributed by atoms with Crippen LogP contribution in [-0.4, -0.2) is 23.0 Å². The fourth-order valence-electron chi connectivity index (χ4n) is 1.77. The lowest BCUT2D eigenvalue weighted by Gasteiger charge is -2.11. The zero-order valence-electron chi connectivity index (χ0n) is 11.5. The number of pyridine rings is 2. The van der Waals surface area contributed by atoms with Crippen LogP contribution in [0.5, 0.6) is 5.88 Å². The van der Waals surface area contributed by atoms with Gasteiger partial charge in [-0.25, -0.2) is 9.97 Å². The van der Waals surface area contributed by atoms with Gasteiger partial charge in [0.2, 0.25) is 11.8 Å². The molecule has 0 saturated carbocycles. The molecule has 5 nitrogen and oxygen atoms in total. The number of hydrogen-bond donors (Lipinski definition) is 1. The van der Waals surface area contributed by atoms with Crippen molar-refractivity contribution in [2.45, 2.75) is 13.3 Å². The number of rotatable bonds is 4. The van der Waals surface area contributed by atoms with Gasteiger partial charge in [-0.2, -0.15) is 0 Å². The third-order valence-electron chi connectivity index (χ3n) is 2.81. The van der Waals surface area contributed by atoms with Crippen LogP contribution < -0.4 is 10.1 Å². The molecule has 0 aliphatic heterocycles. The Balaban J connectivity index is 2.15. The molecule has 1 amide bonds. The van der Waals surface area contributed by atoms with Crippen LogP contribution in [0.4, 0.5) is 5.69 Å². The van der Waals surface area contributed by atoms with Crippen LogP contribution in [0.25, 0.3) is 0 Å². The molecular formula is C14H13BrClN3O2. The van der Waals surface area contributed by atoms with Gasteiger partial charge in [-0.05, 0) is 40.0 Å². The van der Waals surface area contributed by atoms with E-state index in [9.17, 15) is 4.79 Å². The Hall–Kier alpha value is -1.66. The number of carbonyl (C=O) groups excluding carboxylic acids is 1. The van der Waals surface area contributed by atoms with Crippen LogP contribution in [0, 0.1) is 6.92 Å². The summed E-state index contributed by atoms with van der Waals surface area (Å²) in [5, 5.41) is 3.15. The molecule has 0 aliphatic rings.